The van der Waals surface area contributed by atoms with E-state index in [-0.39, 0.29) is 18.3 Å². The van der Waals surface area contributed by atoms with Gasteiger partial charge >= 0.3 is 0 Å². The molecule has 0 aliphatic heterocycles. The lowest BCUT2D eigenvalue weighted by atomic mass is 9.94. The third kappa shape index (κ3) is 4.50. The van der Waals surface area contributed by atoms with Crippen LogP contribution in [0.25, 0.3) is 11.4 Å². The molecule has 1 amide bonds. The molecule has 3 aromatic rings. The number of rotatable bonds is 6. The summed E-state index contributed by atoms with van der Waals surface area (Å²) in [5.41, 5.74) is 1.12. The zero-order chi connectivity index (χ0) is 20.9. The summed E-state index contributed by atoms with van der Waals surface area (Å²) in [4.78, 5) is 24.1. The molecule has 2 heterocycles. The summed E-state index contributed by atoms with van der Waals surface area (Å²) in [5.74, 6) is 1.17. The lowest BCUT2D eigenvalue weighted by Gasteiger charge is -2.33. The van der Waals surface area contributed by atoms with E-state index < -0.39 is 0 Å². The van der Waals surface area contributed by atoms with Crippen molar-refractivity contribution >= 4 is 11.7 Å². The van der Waals surface area contributed by atoms with E-state index in [1.54, 1.807) is 30.7 Å². The number of carbonyl (C=O) groups is 1. The van der Waals surface area contributed by atoms with Crippen LogP contribution in [0.2, 0.25) is 0 Å². The van der Waals surface area contributed by atoms with Crippen molar-refractivity contribution in [2.75, 3.05) is 11.9 Å². The number of carbonyl (C=O) groups excluding carboxylic acids is 1. The first-order valence-electron chi connectivity index (χ1n) is 10.3. The number of furan rings is 1. The van der Waals surface area contributed by atoms with Crippen LogP contribution >= 0.6 is 0 Å². The molecule has 1 aliphatic rings. The van der Waals surface area contributed by atoms with Gasteiger partial charge in [-0.1, -0.05) is 19.3 Å². The Morgan fingerprint density at radius 3 is 2.67 bits per heavy atom. The Kier molecular flexibility index (Phi) is 6.07. The number of nitrogens with one attached hydrogen (secondary N) is 1. The van der Waals surface area contributed by atoms with E-state index in [2.05, 4.69) is 15.2 Å². The first kappa shape index (κ1) is 20.1. The zero-order valence-corrected chi connectivity index (χ0v) is 17.0. The average molecular weight is 408 g/mol. The van der Waals surface area contributed by atoms with Crippen LogP contribution in [0.4, 0.5) is 10.2 Å². The summed E-state index contributed by atoms with van der Waals surface area (Å²) >= 11 is 0. The highest BCUT2D eigenvalue weighted by Gasteiger charge is 2.25. The molecular formula is C23H25FN4O2. The second kappa shape index (κ2) is 9.07. The van der Waals surface area contributed by atoms with Gasteiger partial charge in [-0.25, -0.2) is 14.4 Å². The molecule has 0 unspecified atom stereocenters. The third-order valence-electron chi connectivity index (χ3n) is 5.58. The molecule has 0 saturated heterocycles. The van der Waals surface area contributed by atoms with E-state index in [4.69, 9.17) is 9.40 Å². The molecule has 0 bridgehead atoms. The molecule has 4 rings (SSSR count). The van der Waals surface area contributed by atoms with Crippen molar-refractivity contribution in [2.24, 2.45) is 0 Å². The van der Waals surface area contributed by atoms with Gasteiger partial charge in [-0.15, -0.1) is 0 Å². The fourth-order valence-corrected chi connectivity index (χ4v) is 3.86. The third-order valence-corrected chi connectivity index (χ3v) is 5.58. The molecule has 1 saturated carbocycles. The van der Waals surface area contributed by atoms with Crippen LogP contribution in [-0.2, 0) is 6.54 Å². The van der Waals surface area contributed by atoms with Crippen molar-refractivity contribution in [3.63, 3.8) is 0 Å². The minimum absolute atomic E-state index is 0.255. The molecule has 0 radical (unpaired) electrons. The molecule has 7 heteroatoms. The summed E-state index contributed by atoms with van der Waals surface area (Å²) in [6, 6.07) is 9.97. The first-order valence-corrected chi connectivity index (χ1v) is 10.3. The highest BCUT2D eigenvalue weighted by molar-refractivity contribution is 5.98. The Morgan fingerprint density at radius 2 is 1.97 bits per heavy atom. The molecule has 1 aromatic carbocycles. The second-order valence-electron chi connectivity index (χ2n) is 7.60. The van der Waals surface area contributed by atoms with Crippen LogP contribution in [-0.4, -0.2) is 29.0 Å². The zero-order valence-electron chi connectivity index (χ0n) is 17.0. The van der Waals surface area contributed by atoms with Crippen LogP contribution in [0, 0.1) is 5.82 Å². The van der Waals surface area contributed by atoms with E-state index in [1.165, 1.54) is 31.4 Å². The average Bonchev–Trinajstić information content (AvgIpc) is 3.31. The predicted molar refractivity (Wildman–Crippen MR) is 113 cm³/mol. The molecule has 6 nitrogen and oxygen atoms in total. The Balaban J connectivity index is 1.64. The van der Waals surface area contributed by atoms with Crippen LogP contribution in [0.3, 0.4) is 0 Å². The monoisotopic (exact) mass is 408 g/mol. The Labute approximate surface area is 175 Å². The smallest absolute Gasteiger partial charge is 0.256 e. The van der Waals surface area contributed by atoms with Crippen molar-refractivity contribution in [3.8, 4) is 11.4 Å². The molecule has 30 heavy (non-hydrogen) atoms. The van der Waals surface area contributed by atoms with Gasteiger partial charge in [0.15, 0.2) is 5.82 Å². The van der Waals surface area contributed by atoms with Gasteiger partial charge < -0.3 is 14.6 Å². The number of anilines is 1. The quantitative estimate of drug-likeness (QED) is 0.647. The molecule has 156 valence electrons. The van der Waals surface area contributed by atoms with Crippen molar-refractivity contribution < 1.29 is 13.6 Å². The largest absolute Gasteiger partial charge is 0.467 e. The minimum Gasteiger partial charge on any atom is -0.467 e. The second-order valence-corrected chi connectivity index (χ2v) is 7.60. The van der Waals surface area contributed by atoms with E-state index in [0.717, 1.165) is 12.8 Å². The van der Waals surface area contributed by atoms with E-state index in [1.807, 2.05) is 13.1 Å². The maximum Gasteiger partial charge on any atom is 0.256 e. The SMILES string of the molecule is CN(c1nc(-c2ccc(F)cc2)ncc1C(=O)NCc1ccco1)C1CCCCC1. The lowest BCUT2D eigenvalue weighted by molar-refractivity contribution is 0.0947. The maximum atomic E-state index is 13.3. The van der Waals surface area contributed by atoms with Gasteiger partial charge in [0.25, 0.3) is 5.91 Å². The van der Waals surface area contributed by atoms with Crippen LogP contribution < -0.4 is 10.2 Å². The predicted octanol–water partition coefficient (Wildman–Crippen LogP) is 4.57. The molecular weight excluding hydrogens is 383 g/mol. The number of nitrogens with zero attached hydrogens (tertiary/aromatic N) is 3. The highest BCUT2D eigenvalue weighted by atomic mass is 19.1. The molecule has 1 fully saturated rings. The summed E-state index contributed by atoms with van der Waals surface area (Å²) in [6.07, 6.45) is 8.85. The Hall–Kier alpha value is -3.22. The summed E-state index contributed by atoms with van der Waals surface area (Å²) in [5, 5.41) is 2.88. The van der Waals surface area contributed by atoms with Gasteiger partial charge in [-0.3, -0.25) is 4.79 Å². The summed E-state index contributed by atoms with van der Waals surface area (Å²) in [7, 11) is 1.98. The first-order chi connectivity index (χ1) is 14.6. The molecule has 1 N–H and O–H groups in total. The van der Waals surface area contributed by atoms with Crippen LogP contribution in [0.15, 0.2) is 53.3 Å². The molecule has 1 aliphatic carbocycles. The summed E-state index contributed by atoms with van der Waals surface area (Å²) in [6.45, 7) is 0.290. The number of hydrogen-bond acceptors (Lipinski definition) is 5. The van der Waals surface area contributed by atoms with Crippen molar-refractivity contribution in [1.82, 2.24) is 15.3 Å². The van der Waals surface area contributed by atoms with Crippen LogP contribution in [0.5, 0.6) is 0 Å². The minimum atomic E-state index is -0.313. The van der Waals surface area contributed by atoms with Gasteiger partial charge in [0.05, 0.1) is 12.8 Å². The topological polar surface area (TPSA) is 71.3 Å². The normalized spacial score (nSPS) is 14.5. The molecule has 0 atom stereocenters. The Morgan fingerprint density at radius 1 is 1.20 bits per heavy atom. The fraction of sp³-hybridized carbons (Fsp3) is 0.348. The Bertz CT molecular complexity index is 983. The van der Waals surface area contributed by atoms with E-state index in [0.29, 0.717) is 34.6 Å². The number of hydrogen-bond donors (Lipinski definition) is 1. The lowest BCUT2D eigenvalue weighted by Crippen LogP contribution is -2.36. The fourth-order valence-electron chi connectivity index (χ4n) is 3.86. The summed E-state index contributed by atoms with van der Waals surface area (Å²) < 4.78 is 18.6. The molecule has 0 spiro atoms. The van der Waals surface area contributed by atoms with Crippen molar-refractivity contribution in [2.45, 2.75) is 44.7 Å². The van der Waals surface area contributed by atoms with Gasteiger partial charge in [0.2, 0.25) is 0 Å². The van der Waals surface area contributed by atoms with Gasteiger partial charge in [-0.2, -0.15) is 0 Å². The van der Waals surface area contributed by atoms with Crippen molar-refractivity contribution in [1.29, 1.82) is 0 Å². The van der Waals surface area contributed by atoms with Crippen LogP contribution in [0.1, 0.15) is 48.2 Å². The van der Waals surface area contributed by atoms with Crippen molar-refractivity contribution in [3.05, 3.63) is 66.0 Å². The maximum absolute atomic E-state index is 13.3. The molecule has 2 aromatic heterocycles. The highest BCUT2D eigenvalue weighted by Crippen LogP contribution is 2.28. The van der Waals surface area contributed by atoms with E-state index in [9.17, 15) is 9.18 Å². The van der Waals surface area contributed by atoms with E-state index >= 15 is 0 Å². The number of amides is 1. The van der Waals surface area contributed by atoms with Gasteiger partial charge in [0, 0.05) is 24.8 Å². The van der Waals surface area contributed by atoms with Gasteiger partial charge in [-0.05, 0) is 49.2 Å². The standard InChI is InChI=1S/C23H25FN4O2/c1-28(18-6-3-2-4-7-18)22-20(23(29)26-14-19-8-5-13-30-19)15-25-21(27-22)16-9-11-17(24)12-10-16/h5,8-13,15,18H,2-4,6-7,14H2,1H3,(H,26,29). The number of halogens is 1. The number of benzene rings is 1. The number of aromatic nitrogens is 2. The van der Waals surface area contributed by atoms with Gasteiger partial charge in [0.1, 0.15) is 23.0 Å².